The van der Waals surface area contributed by atoms with Crippen molar-refractivity contribution in [3.63, 3.8) is 0 Å². The third kappa shape index (κ3) is 4.31. The van der Waals surface area contributed by atoms with Gasteiger partial charge in [-0.05, 0) is 31.4 Å². The first kappa shape index (κ1) is 11.4. The summed E-state index contributed by atoms with van der Waals surface area (Å²) in [6.07, 6.45) is 5.35. The lowest BCUT2D eigenvalue weighted by Gasteiger charge is -1.96. The van der Waals surface area contributed by atoms with E-state index in [1.165, 1.54) is 18.5 Å². The van der Waals surface area contributed by atoms with Crippen LogP contribution in [-0.2, 0) is 6.42 Å². The number of rotatable bonds is 4. The van der Waals surface area contributed by atoms with Gasteiger partial charge in [-0.15, -0.1) is 0 Å². The van der Waals surface area contributed by atoms with E-state index in [1.54, 1.807) is 0 Å². The zero-order valence-corrected chi connectivity index (χ0v) is 7.93. The second-order valence-electron chi connectivity index (χ2n) is 2.63. The Hall–Kier alpha value is -0.600. The van der Waals surface area contributed by atoms with Crippen molar-refractivity contribution in [2.75, 3.05) is 6.54 Å². The number of quaternary nitrogens is 1. The molecule has 0 aromatic carbocycles. The molecule has 68 valence electrons. The molecule has 0 atom stereocenters. The Kier molecular flexibility index (Phi) is 6.72. The van der Waals surface area contributed by atoms with Crippen LogP contribution < -0.4 is 18.1 Å². The molecule has 3 heteroatoms. The first-order chi connectivity index (χ1) is 5.43. The van der Waals surface area contributed by atoms with Crippen LogP contribution in [0.1, 0.15) is 18.5 Å². The first-order valence-corrected chi connectivity index (χ1v) is 4.12. The van der Waals surface area contributed by atoms with Crippen molar-refractivity contribution in [2.45, 2.75) is 19.3 Å². The third-order valence-electron chi connectivity index (χ3n) is 1.66. The van der Waals surface area contributed by atoms with Crippen LogP contribution in [0.15, 0.2) is 24.4 Å². The van der Waals surface area contributed by atoms with Crippen molar-refractivity contribution < 1.29 is 18.1 Å². The first-order valence-electron chi connectivity index (χ1n) is 4.12. The molecule has 0 aliphatic rings. The highest BCUT2D eigenvalue weighted by Gasteiger charge is 1.91. The average molecular weight is 187 g/mol. The van der Waals surface area contributed by atoms with E-state index in [4.69, 9.17) is 0 Å². The molecule has 0 spiro atoms. The molecule has 1 rings (SSSR count). The van der Waals surface area contributed by atoms with Crippen LogP contribution in [0, 0.1) is 0 Å². The zero-order chi connectivity index (χ0) is 7.94. The summed E-state index contributed by atoms with van der Waals surface area (Å²) in [5.74, 6) is 0. The molecule has 0 unspecified atom stereocenters. The molecule has 0 fully saturated rings. The molecule has 0 amide bonds. The highest BCUT2D eigenvalue weighted by molar-refractivity contribution is 5.03. The maximum atomic E-state index is 4.23. The molecule has 0 bridgehead atoms. The Morgan fingerprint density at radius 1 is 1.25 bits per heavy atom. The Bertz CT molecular complexity index is 189. The normalized spacial score (nSPS) is 9.08. The van der Waals surface area contributed by atoms with E-state index in [9.17, 15) is 0 Å². The molecule has 0 saturated heterocycles. The van der Waals surface area contributed by atoms with Gasteiger partial charge in [0.15, 0.2) is 0 Å². The predicted molar refractivity (Wildman–Crippen MR) is 44.9 cm³/mol. The van der Waals surface area contributed by atoms with Crippen LogP contribution in [0.3, 0.4) is 0 Å². The van der Waals surface area contributed by atoms with Crippen molar-refractivity contribution in [2.24, 2.45) is 0 Å². The topological polar surface area (TPSA) is 40.5 Å². The van der Waals surface area contributed by atoms with E-state index in [-0.39, 0.29) is 12.4 Å². The van der Waals surface area contributed by atoms with Gasteiger partial charge < -0.3 is 18.1 Å². The summed E-state index contributed by atoms with van der Waals surface area (Å²) in [4.78, 5) is 4.23. The van der Waals surface area contributed by atoms with E-state index < -0.39 is 0 Å². The van der Waals surface area contributed by atoms with Crippen LogP contribution in [-0.4, -0.2) is 11.5 Å². The fourth-order valence-corrected chi connectivity index (χ4v) is 1.03. The summed E-state index contributed by atoms with van der Waals surface area (Å²) in [7, 11) is 0. The second kappa shape index (κ2) is 7.07. The molecule has 1 heterocycles. The Morgan fingerprint density at radius 3 is 2.67 bits per heavy atom. The number of aryl methyl sites for hydroxylation is 1. The Labute approximate surface area is 79.6 Å². The average Bonchev–Trinajstić information content (AvgIpc) is 2.07. The van der Waals surface area contributed by atoms with Gasteiger partial charge in [-0.2, -0.15) is 0 Å². The molecular weight excluding hydrogens is 172 g/mol. The molecule has 3 N–H and O–H groups in total. The minimum absolute atomic E-state index is 0. The highest BCUT2D eigenvalue weighted by atomic mass is 35.5. The van der Waals surface area contributed by atoms with E-state index in [0.29, 0.717) is 0 Å². The summed E-state index contributed by atoms with van der Waals surface area (Å²) in [6.45, 7) is 1.03. The highest BCUT2D eigenvalue weighted by Crippen LogP contribution is 1.99. The van der Waals surface area contributed by atoms with Gasteiger partial charge >= 0.3 is 0 Å². The SMILES string of the molecule is [Cl-].[NH3+]CCCCc1ccccn1. The fourth-order valence-electron chi connectivity index (χ4n) is 1.03. The minimum Gasteiger partial charge on any atom is -1.00 e. The van der Waals surface area contributed by atoms with Gasteiger partial charge in [0.2, 0.25) is 0 Å². The summed E-state index contributed by atoms with van der Waals surface area (Å²) >= 11 is 0. The lowest BCUT2D eigenvalue weighted by atomic mass is 10.2. The van der Waals surface area contributed by atoms with Crippen molar-refractivity contribution in [1.82, 2.24) is 4.98 Å². The molecule has 12 heavy (non-hydrogen) atoms. The molecule has 1 aromatic heterocycles. The van der Waals surface area contributed by atoms with Gasteiger partial charge in [0.25, 0.3) is 0 Å². The van der Waals surface area contributed by atoms with Gasteiger partial charge in [-0.1, -0.05) is 6.07 Å². The van der Waals surface area contributed by atoms with Crippen LogP contribution in [0.25, 0.3) is 0 Å². The van der Waals surface area contributed by atoms with Crippen LogP contribution in [0.2, 0.25) is 0 Å². The number of hydrogen-bond donors (Lipinski definition) is 1. The minimum atomic E-state index is 0. The smallest absolute Gasteiger partial charge is 0.0739 e. The van der Waals surface area contributed by atoms with Crippen molar-refractivity contribution in [3.8, 4) is 0 Å². The van der Waals surface area contributed by atoms with Crippen LogP contribution >= 0.6 is 0 Å². The Morgan fingerprint density at radius 2 is 2.08 bits per heavy atom. The number of halogens is 1. The predicted octanol–water partition coefficient (Wildman–Crippen LogP) is -2.35. The van der Waals surface area contributed by atoms with Gasteiger partial charge in [-0.25, -0.2) is 0 Å². The molecule has 0 aliphatic carbocycles. The number of pyridine rings is 1. The van der Waals surface area contributed by atoms with Crippen LogP contribution in [0.5, 0.6) is 0 Å². The van der Waals surface area contributed by atoms with Gasteiger partial charge in [0, 0.05) is 11.9 Å². The summed E-state index contributed by atoms with van der Waals surface area (Å²) in [5, 5.41) is 0. The van der Waals surface area contributed by atoms with E-state index >= 15 is 0 Å². The van der Waals surface area contributed by atoms with E-state index in [2.05, 4.69) is 16.8 Å². The van der Waals surface area contributed by atoms with E-state index in [0.717, 1.165) is 13.0 Å². The number of nitrogens with zero attached hydrogens (tertiary/aromatic N) is 1. The lowest BCUT2D eigenvalue weighted by Crippen LogP contribution is -3.00. The largest absolute Gasteiger partial charge is 1.00 e. The van der Waals surface area contributed by atoms with Crippen molar-refractivity contribution in [1.29, 1.82) is 0 Å². The standard InChI is InChI=1S/C9H14N2.ClH/c10-7-3-1-5-9-6-2-4-8-11-9;/h2,4,6,8H,1,3,5,7,10H2;1H. The molecular formula is C9H15ClN2. The third-order valence-corrected chi connectivity index (χ3v) is 1.66. The molecule has 0 saturated carbocycles. The second-order valence-corrected chi connectivity index (χ2v) is 2.63. The quantitative estimate of drug-likeness (QED) is 0.526. The Balaban J connectivity index is 0.00000121. The lowest BCUT2D eigenvalue weighted by molar-refractivity contribution is -0.368. The van der Waals surface area contributed by atoms with Crippen LogP contribution in [0.4, 0.5) is 0 Å². The van der Waals surface area contributed by atoms with Gasteiger partial charge in [0.1, 0.15) is 0 Å². The molecule has 2 nitrogen and oxygen atoms in total. The molecule has 1 aromatic rings. The summed E-state index contributed by atoms with van der Waals surface area (Å²) in [6, 6.07) is 6.06. The summed E-state index contributed by atoms with van der Waals surface area (Å²) < 4.78 is 0. The number of aromatic nitrogens is 1. The maximum absolute atomic E-state index is 4.23. The van der Waals surface area contributed by atoms with Crippen molar-refractivity contribution >= 4 is 0 Å². The molecule has 0 aliphatic heterocycles. The molecule has 0 radical (unpaired) electrons. The van der Waals surface area contributed by atoms with E-state index in [1.807, 2.05) is 18.3 Å². The monoisotopic (exact) mass is 186 g/mol. The maximum Gasteiger partial charge on any atom is 0.0739 e. The summed E-state index contributed by atoms with van der Waals surface area (Å²) in [5.41, 5.74) is 4.99. The number of hydrogen-bond acceptors (Lipinski definition) is 1. The fraction of sp³-hybridized carbons (Fsp3) is 0.444. The van der Waals surface area contributed by atoms with Gasteiger partial charge in [0.05, 0.1) is 6.54 Å². The zero-order valence-electron chi connectivity index (χ0n) is 7.17. The van der Waals surface area contributed by atoms with Gasteiger partial charge in [-0.3, -0.25) is 4.98 Å². The number of unbranched alkanes of at least 4 members (excludes halogenated alkanes) is 1. The van der Waals surface area contributed by atoms with Crippen molar-refractivity contribution in [3.05, 3.63) is 30.1 Å².